The predicted molar refractivity (Wildman–Crippen MR) is 279 cm³/mol. The lowest BCUT2D eigenvalue weighted by atomic mass is 9.87. The molecule has 2 nitrogen and oxygen atoms in total. The van der Waals surface area contributed by atoms with Crippen molar-refractivity contribution in [2.45, 2.75) is 0 Å². The van der Waals surface area contributed by atoms with Crippen molar-refractivity contribution in [3.63, 3.8) is 0 Å². The summed E-state index contributed by atoms with van der Waals surface area (Å²) in [6.45, 7) is 0. The quantitative estimate of drug-likeness (QED) is 0.144. The van der Waals surface area contributed by atoms with Gasteiger partial charge in [0.1, 0.15) is 11.2 Å². The second kappa shape index (κ2) is 16.8. The van der Waals surface area contributed by atoms with Crippen molar-refractivity contribution in [1.29, 1.82) is 0 Å². The lowest BCUT2D eigenvalue weighted by Gasteiger charge is -2.26. The number of para-hydroxylation sites is 1. The zero-order valence-electron chi connectivity index (χ0n) is 36.2. The number of hydrogen-bond donors (Lipinski definition) is 0. The molecule has 66 heavy (non-hydrogen) atoms. The minimum Gasteiger partial charge on any atom is -0.456 e. The summed E-state index contributed by atoms with van der Waals surface area (Å²) < 4.78 is 6.27. The second-order valence-electron chi connectivity index (χ2n) is 16.8. The van der Waals surface area contributed by atoms with Crippen molar-refractivity contribution in [2.24, 2.45) is 0 Å². The van der Waals surface area contributed by atoms with Gasteiger partial charge in [-0.3, -0.25) is 0 Å². The van der Waals surface area contributed by atoms with Crippen LogP contribution in [0, 0.1) is 0 Å². The summed E-state index contributed by atoms with van der Waals surface area (Å²) in [7, 11) is 0. The third kappa shape index (κ3) is 7.02. The van der Waals surface area contributed by atoms with Gasteiger partial charge in [0.15, 0.2) is 0 Å². The van der Waals surface area contributed by atoms with E-state index in [2.05, 4.69) is 254 Å². The normalized spacial score (nSPS) is 11.3. The summed E-state index contributed by atoms with van der Waals surface area (Å²) in [4.78, 5) is 2.36. The zero-order valence-corrected chi connectivity index (χ0v) is 36.2. The molecule has 0 aliphatic carbocycles. The molecule has 1 heterocycles. The molecule has 0 aliphatic rings. The molecule has 2 heteroatoms. The van der Waals surface area contributed by atoms with Crippen LogP contribution in [0.5, 0.6) is 0 Å². The first kappa shape index (κ1) is 38.9. The largest absolute Gasteiger partial charge is 0.456 e. The summed E-state index contributed by atoms with van der Waals surface area (Å²) in [5.74, 6) is 0. The van der Waals surface area contributed by atoms with Gasteiger partial charge in [0.05, 0.1) is 0 Å². The number of benzene rings is 11. The fourth-order valence-electron chi connectivity index (χ4n) is 9.82. The third-order valence-electron chi connectivity index (χ3n) is 12.9. The number of furan rings is 1. The van der Waals surface area contributed by atoms with E-state index in [0.717, 1.165) is 55.7 Å². The minimum atomic E-state index is 0.896. The molecular formula is C64H43NO. The van der Waals surface area contributed by atoms with Crippen molar-refractivity contribution in [3.8, 4) is 66.8 Å². The van der Waals surface area contributed by atoms with Crippen molar-refractivity contribution >= 4 is 49.8 Å². The molecule has 0 amide bonds. The molecule has 1 aromatic heterocycles. The van der Waals surface area contributed by atoms with E-state index in [9.17, 15) is 0 Å². The van der Waals surface area contributed by atoms with Crippen LogP contribution in [0.25, 0.3) is 99.5 Å². The van der Waals surface area contributed by atoms with E-state index in [1.54, 1.807) is 0 Å². The van der Waals surface area contributed by atoms with Crippen LogP contribution in [-0.4, -0.2) is 0 Å². The average molecular weight is 842 g/mol. The third-order valence-corrected chi connectivity index (χ3v) is 12.9. The molecule has 0 atom stereocenters. The standard InChI is InChI=1S/C64H43NO/c1-2-16-44(17-3-1)54-21-6-8-23-57(54)59-25-10-11-26-60(59)58-24-9-7-22-55(58)47-34-40-50(41-35-47)65(49-38-32-46(33-39-49)53-28-14-19-45-18-4-5-20-52(45)53)51-42-36-48(37-43-51)56-29-15-31-63-64(56)61-27-12-13-30-62(61)66-63/h1-43H. The van der Waals surface area contributed by atoms with Crippen molar-refractivity contribution in [3.05, 3.63) is 261 Å². The summed E-state index contributed by atoms with van der Waals surface area (Å²) in [6.07, 6.45) is 0. The minimum absolute atomic E-state index is 0.896. The van der Waals surface area contributed by atoms with E-state index in [1.807, 2.05) is 12.1 Å². The van der Waals surface area contributed by atoms with Gasteiger partial charge in [0, 0.05) is 27.8 Å². The SMILES string of the molecule is c1ccc(-c2ccccc2-c2ccccc2-c2ccccc2-c2ccc(N(c3ccc(-c4cccc5ccccc45)cc3)c3ccc(-c4cccc5oc6ccccc6c45)cc3)cc2)cc1. The van der Waals surface area contributed by atoms with Gasteiger partial charge < -0.3 is 9.32 Å². The van der Waals surface area contributed by atoms with E-state index in [0.29, 0.717) is 0 Å². The van der Waals surface area contributed by atoms with Gasteiger partial charge in [-0.05, 0) is 126 Å². The van der Waals surface area contributed by atoms with Crippen molar-refractivity contribution in [2.75, 3.05) is 4.90 Å². The monoisotopic (exact) mass is 841 g/mol. The fourth-order valence-corrected chi connectivity index (χ4v) is 9.82. The summed E-state index contributed by atoms with van der Waals surface area (Å²) in [5, 5.41) is 4.75. The first-order valence-electron chi connectivity index (χ1n) is 22.6. The Morgan fingerprint density at radius 1 is 0.227 bits per heavy atom. The Kier molecular flexibility index (Phi) is 9.89. The molecule has 0 aliphatic heterocycles. The fraction of sp³-hybridized carbons (Fsp3) is 0. The molecule has 0 bridgehead atoms. The molecule has 0 fully saturated rings. The van der Waals surface area contributed by atoms with E-state index in [4.69, 9.17) is 4.42 Å². The second-order valence-corrected chi connectivity index (χ2v) is 16.8. The Hall–Kier alpha value is -8.72. The van der Waals surface area contributed by atoms with Gasteiger partial charge in [0.2, 0.25) is 0 Å². The maximum atomic E-state index is 6.27. The Bertz CT molecular complexity index is 3670. The number of anilines is 3. The molecule has 12 rings (SSSR count). The number of rotatable bonds is 9. The molecule has 0 N–H and O–H groups in total. The highest BCUT2D eigenvalue weighted by molar-refractivity contribution is 6.12. The van der Waals surface area contributed by atoms with Gasteiger partial charge in [-0.25, -0.2) is 0 Å². The predicted octanol–water partition coefficient (Wildman–Crippen LogP) is 18.2. The van der Waals surface area contributed by atoms with Crippen LogP contribution in [0.1, 0.15) is 0 Å². The average Bonchev–Trinajstić information content (AvgIpc) is 3.79. The molecule has 0 radical (unpaired) electrons. The molecular weight excluding hydrogens is 799 g/mol. The summed E-state index contributed by atoms with van der Waals surface area (Å²) in [5.41, 5.74) is 19.3. The van der Waals surface area contributed by atoms with Crippen molar-refractivity contribution < 1.29 is 4.42 Å². The van der Waals surface area contributed by atoms with Gasteiger partial charge in [0.25, 0.3) is 0 Å². The lowest BCUT2D eigenvalue weighted by Crippen LogP contribution is -2.09. The van der Waals surface area contributed by atoms with E-state index >= 15 is 0 Å². The maximum absolute atomic E-state index is 6.27. The van der Waals surface area contributed by atoms with Crippen LogP contribution < -0.4 is 4.90 Å². The van der Waals surface area contributed by atoms with Crippen LogP contribution in [0.2, 0.25) is 0 Å². The van der Waals surface area contributed by atoms with Crippen LogP contribution >= 0.6 is 0 Å². The molecule has 310 valence electrons. The maximum Gasteiger partial charge on any atom is 0.136 e. The first-order chi connectivity index (χ1) is 32.7. The smallest absolute Gasteiger partial charge is 0.136 e. The first-order valence-corrected chi connectivity index (χ1v) is 22.6. The Morgan fingerprint density at radius 3 is 1.18 bits per heavy atom. The van der Waals surface area contributed by atoms with Crippen LogP contribution in [0.3, 0.4) is 0 Å². The Balaban J connectivity index is 0.942. The highest BCUT2D eigenvalue weighted by atomic mass is 16.3. The highest BCUT2D eigenvalue weighted by Crippen LogP contribution is 2.44. The molecule has 0 unspecified atom stereocenters. The number of nitrogens with zero attached hydrogens (tertiary/aromatic N) is 1. The lowest BCUT2D eigenvalue weighted by molar-refractivity contribution is 0.669. The van der Waals surface area contributed by atoms with Crippen molar-refractivity contribution in [1.82, 2.24) is 0 Å². The van der Waals surface area contributed by atoms with E-state index < -0.39 is 0 Å². The van der Waals surface area contributed by atoms with E-state index in [-0.39, 0.29) is 0 Å². The van der Waals surface area contributed by atoms with Crippen LogP contribution in [0.15, 0.2) is 265 Å². The van der Waals surface area contributed by atoms with Crippen LogP contribution in [-0.2, 0) is 0 Å². The molecule has 0 saturated carbocycles. The van der Waals surface area contributed by atoms with E-state index in [1.165, 1.54) is 60.8 Å². The zero-order chi connectivity index (χ0) is 43.8. The summed E-state index contributed by atoms with van der Waals surface area (Å²) >= 11 is 0. The molecule has 0 spiro atoms. The molecule has 0 saturated heterocycles. The molecule has 11 aromatic carbocycles. The number of hydrogen-bond acceptors (Lipinski definition) is 2. The highest BCUT2D eigenvalue weighted by Gasteiger charge is 2.19. The van der Waals surface area contributed by atoms with Gasteiger partial charge >= 0.3 is 0 Å². The molecule has 12 aromatic rings. The van der Waals surface area contributed by atoms with Gasteiger partial charge in [-0.2, -0.15) is 0 Å². The Labute approximate surface area is 384 Å². The Morgan fingerprint density at radius 2 is 0.591 bits per heavy atom. The van der Waals surface area contributed by atoms with Gasteiger partial charge in [-0.1, -0.05) is 212 Å². The topological polar surface area (TPSA) is 16.4 Å². The van der Waals surface area contributed by atoms with Crippen LogP contribution in [0.4, 0.5) is 17.1 Å². The number of fused-ring (bicyclic) bond motifs is 4. The van der Waals surface area contributed by atoms with Gasteiger partial charge in [-0.15, -0.1) is 0 Å². The summed E-state index contributed by atoms with van der Waals surface area (Å²) in [6, 6.07) is 93.8.